The lowest BCUT2D eigenvalue weighted by molar-refractivity contribution is 0.0595. The molecule has 0 fully saturated rings. The smallest absolute Gasteiger partial charge is 0.341 e. The largest absolute Gasteiger partial charge is 0.488 e. The highest BCUT2D eigenvalue weighted by Gasteiger charge is 2.29. The van der Waals surface area contributed by atoms with Crippen LogP contribution in [0.4, 0.5) is 0 Å². The third kappa shape index (κ3) is 4.74. The van der Waals surface area contributed by atoms with Crippen molar-refractivity contribution in [1.29, 1.82) is 0 Å². The van der Waals surface area contributed by atoms with Gasteiger partial charge in [-0.25, -0.2) is 4.79 Å². The first-order valence-electron chi connectivity index (χ1n) is 10.3. The first-order chi connectivity index (χ1) is 13.7. The third-order valence-electron chi connectivity index (χ3n) is 5.39. The van der Waals surface area contributed by atoms with Crippen LogP contribution in [-0.4, -0.2) is 37.1 Å². The molecular formula is C24H31NO3. The van der Waals surface area contributed by atoms with Crippen molar-refractivity contribution in [3.63, 3.8) is 0 Å². The fraction of sp³-hybridized carbons (Fsp3) is 0.458. The number of benzene rings is 2. The van der Waals surface area contributed by atoms with E-state index in [0.717, 1.165) is 44.3 Å². The van der Waals surface area contributed by atoms with E-state index in [0.29, 0.717) is 24.0 Å². The lowest BCUT2D eigenvalue weighted by Gasteiger charge is -2.27. The van der Waals surface area contributed by atoms with Gasteiger partial charge in [-0.2, -0.15) is 0 Å². The van der Waals surface area contributed by atoms with Crippen LogP contribution in [0.15, 0.2) is 42.5 Å². The number of esters is 1. The number of carbonyl (C=O) groups excluding carboxylic acids is 1. The summed E-state index contributed by atoms with van der Waals surface area (Å²) in [7, 11) is 1.42. The quantitative estimate of drug-likeness (QED) is 0.593. The molecule has 2 aromatic rings. The maximum Gasteiger partial charge on any atom is 0.341 e. The molecule has 0 N–H and O–H groups in total. The van der Waals surface area contributed by atoms with Crippen molar-refractivity contribution in [3.8, 4) is 5.75 Å². The van der Waals surface area contributed by atoms with E-state index in [9.17, 15) is 4.79 Å². The maximum atomic E-state index is 12.4. The van der Waals surface area contributed by atoms with Gasteiger partial charge in [0.25, 0.3) is 0 Å². The normalized spacial score (nSPS) is 15.5. The van der Waals surface area contributed by atoms with Crippen molar-refractivity contribution in [3.05, 3.63) is 64.7 Å². The van der Waals surface area contributed by atoms with Crippen LogP contribution >= 0.6 is 0 Å². The molecule has 0 amide bonds. The molecule has 3 rings (SSSR count). The number of hydrogen-bond donors (Lipinski definition) is 0. The van der Waals surface area contributed by atoms with Gasteiger partial charge in [-0.05, 0) is 67.6 Å². The number of hydrogen-bond acceptors (Lipinski definition) is 4. The minimum absolute atomic E-state index is 0.340. The second-order valence-electron chi connectivity index (χ2n) is 7.48. The highest BCUT2D eigenvalue weighted by atomic mass is 16.5. The van der Waals surface area contributed by atoms with Crippen molar-refractivity contribution >= 4 is 5.97 Å². The lowest BCUT2D eigenvalue weighted by Crippen LogP contribution is -2.37. The van der Waals surface area contributed by atoms with Crippen LogP contribution in [0, 0.1) is 0 Å². The van der Waals surface area contributed by atoms with Crippen molar-refractivity contribution in [2.45, 2.75) is 52.2 Å². The molecule has 0 heterocycles. The summed E-state index contributed by atoms with van der Waals surface area (Å²) in [5.74, 6) is 0.279. The Hall–Kier alpha value is -2.33. The summed E-state index contributed by atoms with van der Waals surface area (Å²) in [5, 5.41) is 0. The van der Waals surface area contributed by atoms with E-state index in [1.807, 2.05) is 36.4 Å². The highest BCUT2D eigenvalue weighted by Crippen LogP contribution is 2.33. The molecule has 0 spiro atoms. The van der Waals surface area contributed by atoms with Crippen LogP contribution in [-0.2, 0) is 24.2 Å². The molecule has 28 heavy (non-hydrogen) atoms. The topological polar surface area (TPSA) is 38.8 Å². The van der Waals surface area contributed by atoms with E-state index in [-0.39, 0.29) is 5.97 Å². The number of rotatable bonds is 9. The first kappa shape index (κ1) is 20.4. The summed E-state index contributed by atoms with van der Waals surface area (Å²) in [4.78, 5) is 14.9. The van der Waals surface area contributed by atoms with E-state index in [4.69, 9.17) is 9.47 Å². The van der Waals surface area contributed by atoms with Gasteiger partial charge < -0.3 is 9.47 Å². The predicted molar refractivity (Wildman–Crippen MR) is 112 cm³/mol. The molecule has 0 bridgehead atoms. The molecule has 1 atom stereocenters. The zero-order valence-electron chi connectivity index (χ0n) is 17.2. The monoisotopic (exact) mass is 381 g/mol. The van der Waals surface area contributed by atoms with Gasteiger partial charge >= 0.3 is 5.97 Å². The minimum atomic E-state index is -0.340. The standard InChI is InChI=1S/C24H31NO3/c1-4-11-25(12-5-2)21-13-19-15-22(24(26)27-3)23(16-20(19)14-21)28-17-18-9-7-6-8-10-18/h6-10,15-16,21H,4-5,11-14,17H2,1-3H3. The Labute approximate surface area is 168 Å². The number of ether oxygens (including phenoxy) is 2. The predicted octanol–water partition coefficient (Wildman–Crippen LogP) is 4.64. The maximum absolute atomic E-state index is 12.4. The Morgan fingerprint density at radius 1 is 1.04 bits per heavy atom. The second-order valence-corrected chi connectivity index (χ2v) is 7.48. The van der Waals surface area contributed by atoms with Crippen LogP contribution in [0.1, 0.15) is 53.7 Å². The average Bonchev–Trinajstić information content (AvgIpc) is 3.14. The number of fused-ring (bicyclic) bond motifs is 1. The summed E-state index contributed by atoms with van der Waals surface area (Å²) in [5.41, 5.74) is 4.14. The van der Waals surface area contributed by atoms with E-state index < -0.39 is 0 Å². The number of nitrogens with zero attached hydrogens (tertiary/aromatic N) is 1. The van der Waals surface area contributed by atoms with Gasteiger partial charge in [0, 0.05) is 6.04 Å². The highest BCUT2D eigenvalue weighted by molar-refractivity contribution is 5.93. The minimum Gasteiger partial charge on any atom is -0.488 e. The Morgan fingerprint density at radius 3 is 2.29 bits per heavy atom. The van der Waals surface area contributed by atoms with E-state index in [2.05, 4.69) is 24.8 Å². The Kier molecular flexibility index (Phi) is 7.10. The van der Waals surface area contributed by atoms with Crippen LogP contribution in [0.25, 0.3) is 0 Å². The van der Waals surface area contributed by atoms with Crippen molar-refractivity contribution in [2.75, 3.05) is 20.2 Å². The van der Waals surface area contributed by atoms with Gasteiger partial charge in [0.15, 0.2) is 0 Å². The summed E-state index contributed by atoms with van der Waals surface area (Å²) in [6.07, 6.45) is 4.31. The van der Waals surface area contributed by atoms with Gasteiger partial charge in [-0.3, -0.25) is 4.90 Å². The summed E-state index contributed by atoms with van der Waals surface area (Å²) in [6, 6.07) is 14.6. The Balaban J connectivity index is 1.82. The molecule has 0 saturated carbocycles. The Morgan fingerprint density at radius 2 is 1.68 bits per heavy atom. The fourth-order valence-corrected chi connectivity index (χ4v) is 4.06. The van der Waals surface area contributed by atoms with Gasteiger partial charge in [0.2, 0.25) is 0 Å². The van der Waals surface area contributed by atoms with Crippen LogP contribution in [0.2, 0.25) is 0 Å². The molecule has 1 aliphatic rings. The molecule has 1 aliphatic carbocycles. The molecule has 0 radical (unpaired) electrons. The van der Waals surface area contributed by atoms with Crippen LogP contribution < -0.4 is 4.74 Å². The van der Waals surface area contributed by atoms with Gasteiger partial charge in [0.1, 0.15) is 17.9 Å². The van der Waals surface area contributed by atoms with Crippen molar-refractivity contribution in [1.82, 2.24) is 4.90 Å². The second kappa shape index (κ2) is 9.74. The first-order valence-corrected chi connectivity index (χ1v) is 10.3. The molecule has 4 nitrogen and oxygen atoms in total. The van der Waals surface area contributed by atoms with Gasteiger partial charge in [-0.1, -0.05) is 44.2 Å². The number of carbonyl (C=O) groups is 1. The fourth-order valence-electron chi connectivity index (χ4n) is 4.06. The lowest BCUT2D eigenvalue weighted by atomic mass is 10.1. The zero-order valence-corrected chi connectivity index (χ0v) is 17.2. The summed E-state index contributed by atoms with van der Waals surface area (Å²) >= 11 is 0. The average molecular weight is 382 g/mol. The molecule has 4 heteroatoms. The molecule has 0 saturated heterocycles. The van der Waals surface area contributed by atoms with Crippen molar-refractivity contribution in [2.24, 2.45) is 0 Å². The summed E-state index contributed by atoms with van der Waals surface area (Å²) in [6.45, 7) is 7.14. The molecule has 0 aromatic heterocycles. The summed E-state index contributed by atoms with van der Waals surface area (Å²) < 4.78 is 11.1. The van der Waals surface area contributed by atoms with E-state index in [1.54, 1.807) is 0 Å². The molecule has 0 aliphatic heterocycles. The zero-order chi connectivity index (χ0) is 19.9. The molecule has 150 valence electrons. The molecule has 2 aromatic carbocycles. The van der Waals surface area contributed by atoms with Gasteiger partial charge in [0.05, 0.1) is 7.11 Å². The molecular weight excluding hydrogens is 350 g/mol. The third-order valence-corrected chi connectivity index (χ3v) is 5.39. The van der Waals surface area contributed by atoms with Crippen molar-refractivity contribution < 1.29 is 14.3 Å². The molecule has 1 unspecified atom stereocenters. The van der Waals surface area contributed by atoms with Crippen LogP contribution in [0.5, 0.6) is 5.75 Å². The van der Waals surface area contributed by atoms with E-state index >= 15 is 0 Å². The van der Waals surface area contributed by atoms with Gasteiger partial charge in [-0.15, -0.1) is 0 Å². The van der Waals surface area contributed by atoms with E-state index in [1.165, 1.54) is 18.2 Å². The SMILES string of the molecule is CCCN(CCC)C1Cc2cc(OCc3ccccc3)c(C(=O)OC)cc2C1. The van der Waals surface area contributed by atoms with Crippen LogP contribution in [0.3, 0.4) is 0 Å². The number of methoxy groups -OCH3 is 1. The Bertz CT molecular complexity index is 782.